The van der Waals surface area contributed by atoms with Crippen molar-refractivity contribution in [3.05, 3.63) is 42.9 Å². The highest BCUT2D eigenvalue weighted by Crippen LogP contribution is 2.31. The Morgan fingerprint density at radius 3 is 3.06 bits per heavy atom. The Morgan fingerprint density at radius 1 is 1.59 bits per heavy atom. The van der Waals surface area contributed by atoms with E-state index in [-0.39, 0.29) is 5.91 Å². The highest BCUT2D eigenvalue weighted by molar-refractivity contribution is 7.19. The maximum atomic E-state index is 11.2. The summed E-state index contributed by atoms with van der Waals surface area (Å²) in [7, 11) is 0. The number of pyridine rings is 1. The number of anilines is 1. The van der Waals surface area contributed by atoms with Crippen LogP contribution in [0.2, 0.25) is 0 Å². The van der Waals surface area contributed by atoms with Gasteiger partial charge in [0.25, 0.3) is 0 Å². The van der Waals surface area contributed by atoms with Crippen LogP contribution in [0.25, 0.3) is 10.6 Å². The normalized spacial score (nSPS) is 9.94. The number of aryl methyl sites for hydroxylation is 1. The monoisotopic (exact) mass is 245 g/mol. The highest BCUT2D eigenvalue weighted by Gasteiger charge is 2.10. The first-order valence-electron chi connectivity index (χ1n) is 5.02. The summed E-state index contributed by atoms with van der Waals surface area (Å²) < 4.78 is 0. The van der Waals surface area contributed by atoms with E-state index in [9.17, 15) is 4.79 Å². The maximum Gasteiger partial charge on any atom is 0.248 e. The number of nitrogens with one attached hydrogen (secondary N) is 1. The molecule has 2 aromatic heterocycles. The second kappa shape index (κ2) is 4.88. The molecular formula is C12H11N3OS. The number of rotatable bonds is 3. The molecule has 0 fully saturated rings. The van der Waals surface area contributed by atoms with Gasteiger partial charge in [-0.15, -0.1) is 0 Å². The van der Waals surface area contributed by atoms with Gasteiger partial charge in [-0.25, -0.2) is 4.98 Å². The molecule has 0 spiro atoms. The number of hydrogen-bond acceptors (Lipinski definition) is 4. The molecule has 2 rings (SSSR count). The molecule has 86 valence electrons. The number of carbonyl (C=O) groups is 1. The van der Waals surface area contributed by atoms with Crippen LogP contribution in [0.4, 0.5) is 5.00 Å². The fraction of sp³-hybridized carbons (Fsp3) is 0.0833. The molecule has 0 saturated heterocycles. The predicted molar refractivity (Wildman–Crippen MR) is 68.9 cm³/mol. The third-order valence-corrected chi connectivity index (χ3v) is 3.25. The van der Waals surface area contributed by atoms with Crippen molar-refractivity contribution in [1.82, 2.24) is 9.97 Å². The first-order chi connectivity index (χ1) is 8.20. The topological polar surface area (TPSA) is 54.9 Å². The Balaban J connectivity index is 2.31. The zero-order valence-electron chi connectivity index (χ0n) is 9.30. The van der Waals surface area contributed by atoms with E-state index in [1.165, 1.54) is 17.4 Å². The van der Waals surface area contributed by atoms with Crippen molar-refractivity contribution in [3.8, 4) is 10.6 Å². The van der Waals surface area contributed by atoms with Gasteiger partial charge >= 0.3 is 0 Å². The summed E-state index contributed by atoms with van der Waals surface area (Å²) in [4.78, 5) is 19.7. The lowest BCUT2D eigenvalue weighted by Gasteiger charge is -1.96. The molecule has 0 aliphatic heterocycles. The molecule has 0 aliphatic carbocycles. The van der Waals surface area contributed by atoms with Crippen molar-refractivity contribution in [2.45, 2.75) is 6.92 Å². The van der Waals surface area contributed by atoms with Crippen molar-refractivity contribution in [1.29, 1.82) is 0 Å². The summed E-state index contributed by atoms with van der Waals surface area (Å²) in [5, 5.41) is 4.32. The van der Waals surface area contributed by atoms with Gasteiger partial charge in [-0.05, 0) is 25.1 Å². The molecule has 1 N–H and O–H groups in total. The van der Waals surface area contributed by atoms with E-state index in [4.69, 9.17) is 0 Å². The molecule has 0 aromatic carbocycles. The third kappa shape index (κ3) is 2.57. The minimum atomic E-state index is -0.227. The smallest absolute Gasteiger partial charge is 0.248 e. The van der Waals surface area contributed by atoms with Crippen LogP contribution < -0.4 is 5.32 Å². The Hall–Kier alpha value is -2.01. The molecule has 0 bridgehead atoms. The first kappa shape index (κ1) is 11.5. The molecule has 0 aliphatic rings. The fourth-order valence-corrected chi connectivity index (χ4v) is 2.25. The average Bonchev–Trinajstić information content (AvgIpc) is 2.72. The van der Waals surface area contributed by atoms with Gasteiger partial charge < -0.3 is 5.32 Å². The zero-order chi connectivity index (χ0) is 12.3. The van der Waals surface area contributed by atoms with Gasteiger partial charge in [0.05, 0.1) is 5.69 Å². The van der Waals surface area contributed by atoms with Crippen LogP contribution in [-0.4, -0.2) is 15.9 Å². The van der Waals surface area contributed by atoms with E-state index in [1.807, 2.05) is 19.1 Å². The average molecular weight is 245 g/mol. The van der Waals surface area contributed by atoms with Crippen molar-refractivity contribution in [2.75, 3.05) is 5.32 Å². The van der Waals surface area contributed by atoms with Crippen LogP contribution in [0.5, 0.6) is 0 Å². The number of nitrogens with zero attached hydrogens (tertiary/aromatic N) is 2. The summed E-state index contributed by atoms with van der Waals surface area (Å²) >= 11 is 1.43. The Labute approximate surface area is 103 Å². The molecule has 1 amide bonds. The standard InChI is InChI=1S/C12H11N3OS/c1-3-10(16)15-11-8(2)14-12(17-11)9-5-4-6-13-7-9/h3-7H,1H2,2H3,(H,15,16). The van der Waals surface area contributed by atoms with Crippen molar-refractivity contribution >= 4 is 22.2 Å². The van der Waals surface area contributed by atoms with Gasteiger partial charge in [-0.3, -0.25) is 9.78 Å². The van der Waals surface area contributed by atoms with E-state index >= 15 is 0 Å². The van der Waals surface area contributed by atoms with Crippen LogP contribution in [0.3, 0.4) is 0 Å². The van der Waals surface area contributed by atoms with Crippen molar-refractivity contribution in [2.24, 2.45) is 0 Å². The lowest BCUT2D eigenvalue weighted by molar-refractivity contribution is -0.111. The van der Waals surface area contributed by atoms with E-state index in [0.29, 0.717) is 0 Å². The van der Waals surface area contributed by atoms with Crippen LogP contribution in [-0.2, 0) is 4.79 Å². The lowest BCUT2D eigenvalue weighted by atomic mass is 10.3. The van der Waals surface area contributed by atoms with Crippen LogP contribution in [0, 0.1) is 6.92 Å². The molecule has 0 radical (unpaired) electrons. The number of hydrogen-bond donors (Lipinski definition) is 1. The minimum Gasteiger partial charge on any atom is -0.313 e. The fourth-order valence-electron chi connectivity index (χ4n) is 1.29. The van der Waals surface area contributed by atoms with Crippen molar-refractivity contribution < 1.29 is 4.79 Å². The maximum absolute atomic E-state index is 11.2. The molecule has 0 saturated carbocycles. The minimum absolute atomic E-state index is 0.227. The quantitative estimate of drug-likeness (QED) is 0.846. The Kier molecular flexibility index (Phi) is 3.30. The highest BCUT2D eigenvalue weighted by atomic mass is 32.1. The molecule has 0 unspecified atom stereocenters. The van der Waals surface area contributed by atoms with E-state index in [1.54, 1.807) is 12.4 Å². The van der Waals surface area contributed by atoms with Gasteiger partial charge in [0, 0.05) is 18.0 Å². The number of carbonyl (C=O) groups excluding carboxylic acids is 1. The van der Waals surface area contributed by atoms with Crippen molar-refractivity contribution in [3.63, 3.8) is 0 Å². The van der Waals surface area contributed by atoms with E-state index in [2.05, 4.69) is 21.9 Å². The largest absolute Gasteiger partial charge is 0.313 e. The summed E-state index contributed by atoms with van der Waals surface area (Å²) in [5.74, 6) is -0.227. The summed E-state index contributed by atoms with van der Waals surface area (Å²) in [5.41, 5.74) is 1.74. The van der Waals surface area contributed by atoms with Gasteiger partial charge in [-0.2, -0.15) is 0 Å². The van der Waals surface area contributed by atoms with Crippen LogP contribution in [0.15, 0.2) is 37.2 Å². The summed E-state index contributed by atoms with van der Waals surface area (Å²) in [6, 6.07) is 3.79. The van der Waals surface area contributed by atoms with E-state index < -0.39 is 0 Å². The number of thiazole rings is 1. The summed E-state index contributed by atoms with van der Waals surface area (Å²) in [6.07, 6.45) is 4.70. The molecule has 4 nitrogen and oxygen atoms in total. The Morgan fingerprint density at radius 2 is 2.41 bits per heavy atom. The number of aromatic nitrogens is 2. The van der Waals surface area contributed by atoms with Crippen LogP contribution in [0.1, 0.15) is 5.69 Å². The molecular weight excluding hydrogens is 234 g/mol. The SMILES string of the molecule is C=CC(=O)Nc1sc(-c2cccnc2)nc1C. The third-order valence-electron chi connectivity index (χ3n) is 2.13. The molecule has 17 heavy (non-hydrogen) atoms. The first-order valence-corrected chi connectivity index (χ1v) is 5.83. The van der Waals surface area contributed by atoms with Gasteiger partial charge in [-0.1, -0.05) is 17.9 Å². The molecule has 5 heteroatoms. The number of amides is 1. The molecule has 2 heterocycles. The zero-order valence-corrected chi connectivity index (χ0v) is 10.1. The molecule has 0 atom stereocenters. The Bertz CT molecular complexity index is 548. The lowest BCUT2D eigenvalue weighted by Crippen LogP contribution is -2.06. The summed E-state index contributed by atoms with van der Waals surface area (Å²) in [6.45, 7) is 5.27. The van der Waals surface area contributed by atoms with Gasteiger partial charge in [0.15, 0.2) is 0 Å². The van der Waals surface area contributed by atoms with Gasteiger partial charge in [0.1, 0.15) is 10.0 Å². The second-order valence-electron chi connectivity index (χ2n) is 3.37. The predicted octanol–water partition coefficient (Wildman–Crippen LogP) is 2.64. The molecule has 2 aromatic rings. The van der Waals surface area contributed by atoms with E-state index in [0.717, 1.165) is 21.3 Å². The van der Waals surface area contributed by atoms with Gasteiger partial charge in [0.2, 0.25) is 5.91 Å². The second-order valence-corrected chi connectivity index (χ2v) is 4.37. The van der Waals surface area contributed by atoms with Crippen LogP contribution >= 0.6 is 11.3 Å².